The van der Waals surface area contributed by atoms with E-state index in [0.29, 0.717) is 4.34 Å². The molecule has 1 unspecified atom stereocenters. The van der Waals surface area contributed by atoms with Crippen molar-refractivity contribution in [2.75, 3.05) is 21.6 Å². The number of aromatic nitrogens is 2. The Balaban J connectivity index is 2.32. The molecule has 2 aromatic rings. The van der Waals surface area contributed by atoms with Crippen LogP contribution in [-0.4, -0.2) is 42.6 Å². The summed E-state index contributed by atoms with van der Waals surface area (Å²) in [6.45, 7) is 3.62. The first-order valence-corrected chi connectivity index (χ1v) is 11.4. The van der Waals surface area contributed by atoms with Gasteiger partial charge in [-0.1, -0.05) is 49.1 Å². The third kappa shape index (κ3) is 4.92. The standard InChI is InChI=1S/C15H19FN4O3S3/c1-4-11(13(21)17-14-18-19-15(25-14)24-5-2)20(26(3,22)23)12-9-7-6-8-10(12)16/h6-9,11H,4-5H2,1-3H3,(H,17,18,21). The number of amides is 1. The molecule has 0 fully saturated rings. The van der Waals surface area contributed by atoms with E-state index in [1.54, 1.807) is 6.92 Å². The molecule has 0 radical (unpaired) electrons. The fraction of sp³-hybridized carbons (Fsp3) is 0.400. The zero-order chi connectivity index (χ0) is 19.3. The zero-order valence-corrected chi connectivity index (χ0v) is 16.9. The number of carbonyl (C=O) groups is 1. The van der Waals surface area contributed by atoms with Crippen LogP contribution in [0.3, 0.4) is 0 Å². The highest BCUT2D eigenvalue weighted by atomic mass is 32.2. The molecule has 11 heteroatoms. The minimum absolute atomic E-state index is 0.155. The molecule has 1 N–H and O–H groups in total. The normalized spacial score (nSPS) is 12.6. The van der Waals surface area contributed by atoms with Crippen LogP contribution >= 0.6 is 23.1 Å². The van der Waals surface area contributed by atoms with E-state index in [-0.39, 0.29) is 17.2 Å². The van der Waals surface area contributed by atoms with Crippen LogP contribution in [0.2, 0.25) is 0 Å². The third-order valence-corrected chi connectivity index (χ3v) is 6.34. The number of para-hydroxylation sites is 1. The first-order valence-electron chi connectivity index (χ1n) is 7.79. The van der Waals surface area contributed by atoms with E-state index in [9.17, 15) is 17.6 Å². The van der Waals surface area contributed by atoms with Crippen LogP contribution in [0.15, 0.2) is 28.6 Å². The summed E-state index contributed by atoms with van der Waals surface area (Å²) < 4.78 is 40.3. The first-order chi connectivity index (χ1) is 12.3. The molecule has 7 nitrogen and oxygen atoms in total. The lowest BCUT2D eigenvalue weighted by Crippen LogP contribution is -2.47. The molecule has 1 amide bonds. The molecular weight excluding hydrogens is 399 g/mol. The topological polar surface area (TPSA) is 92.3 Å². The minimum atomic E-state index is -3.90. The number of hydrogen-bond acceptors (Lipinski definition) is 7. The minimum Gasteiger partial charge on any atom is -0.299 e. The quantitative estimate of drug-likeness (QED) is 0.523. The molecule has 0 spiro atoms. The molecule has 0 saturated carbocycles. The monoisotopic (exact) mass is 418 g/mol. The highest BCUT2D eigenvalue weighted by molar-refractivity contribution is 8.01. The van der Waals surface area contributed by atoms with Gasteiger partial charge in [-0.3, -0.25) is 14.4 Å². The molecule has 0 bridgehead atoms. The van der Waals surface area contributed by atoms with Crippen molar-refractivity contribution >= 4 is 49.8 Å². The molecule has 1 aromatic carbocycles. The van der Waals surface area contributed by atoms with Gasteiger partial charge in [0.2, 0.25) is 21.1 Å². The van der Waals surface area contributed by atoms with E-state index in [1.807, 2.05) is 6.92 Å². The van der Waals surface area contributed by atoms with Crippen molar-refractivity contribution in [2.45, 2.75) is 30.6 Å². The molecule has 0 aliphatic heterocycles. The number of anilines is 2. The van der Waals surface area contributed by atoms with Gasteiger partial charge < -0.3 is 0 Å². The Bertz CT molecular complexity index is 873. The molecule has 2 rings (SSSR count). The number of thioether (sulfide) groups is 1. The Labute approximate surface area is 160 Å². The smallest absolute Gasteiger partial charge is 0.250 e. The average Bonchev–Trinajstić information content (AvgIpc) is 2.99. The lowest BCUT2D eigenvalue weighted by atomic mass is 10.2. The van der Waals surface area contributed by atoms with E-state index in [4.69, 9.17) is 0 Å². The Morgan fingerprint density at radius 1 is 1.35 bits per heavy atom. The zero-order valence-electron chi connectivity index (χ0n) is 14.5. The molecular formula is C15H19FN4O3S3. The van der Waals surface area contributed by atoms with Gasteiger partial charge in [0.25, 0.3) is 0 Å². The van der Waals surface area contributed by atoms with Crippen molar-refractivity contribution in [2.24, 2.45) is 0 Å². The fourth-order valence-corrected chi connectivity index (χ4v) is 5.16. The number of rotatable bonds is 8. The molecule has 1 aromatic heterocycles. The van der Waals surface area contributed by atoms with Crippen molar-refractivity contribution < 1.29 is 17.6 Å². The van der Waals surface area contributed by atoms with E-state index >= 15 is 0 Å². The second-order valence-corrected chi connectivity index (χ2v) is 9.58. The maximum absolute atomic E-state index is 14.2. The van der Waals surface area contributed by atoms with Gasteiger partial charge in [-0.25, -0.2) is 12.8 Å². The second kappa shape index (κ2) is 8.78. The highest BCUT2D eigenvalue weighted by Crippen LogP contribution is 2.28. The Kier molecular flexibility index (Phi) is 6.95. The van der Waals surface area contributed by atoms with Crippen molar-refractivity contribution in [3.63, 3.8) is 0 Å². The van der Waals surface area contributed by atoms with Gasteiger partial charge in [-0.2, -0.15) is 0 Å². The van der Waals surface area contributed by atoms with Gasteiger partial charge in [0.1, 0.15) is 11.9 Å². The Morgan fingerprint density at radius 3 is 2.62 bits per heavy atom. The SMILES string of the molecule is CCSc1nnc(NC(=O)C(CC)N(c2ccccc2F)S(C)(=O)=O)s1. The van der Waals surface area contributed by atoms with E-state index in [2.05, 4.69) is 15.5 Å². The number of nitrogens with one attached hydrogen (secondary N) is 1. The molecule has 0 saturated heterocycles. The number of sulfonamides is 1. The predicted octanol–water partition coefficient (Wildman–Crippen LogP) is 2.97. The summed E-state index contributed by atoms with van der Waals surface area (Å²) in [7, 11) is -3.90. The lowest BCUT2D eigenvalue weighted by molar-refractivity contribution is -0.117. The summed E-state index contributed by atoms with van der Waals surface area (Å²) in [5.41, 5.74) is -0.170. The summed E-state index contributed by atoms with van der Waals surface area (Å²) in [5.74, 6) is -0.498. The second-order valence-electron chi connectivity index (χ2n) is 5.23. The predicted molar refractivity (Wildman–Crippen MR) is 103 cm³/mol. The molecule has 142 valence electrons. The molecule has 1 atom stereocenters. The van der Waals surface area contributed by atoms with Crippen molar-refractivity contribution in [3.05, 3.63) is 30.1 Å². The van der Waals surface area contributed by atoms with Gasteiger partial charge >= 0.3 is 0 Å². The Hall–Kier alpha value is -1.72. The number of nitrogens with zero attached hydrogens (tertiary/aromatic N) is 3. The first kappa shape index (κ1) is 20.6. The van der Waals surface area contributed by atoms with Gasteiger partial charge in [0.05, 0.1) is 11.9 Å². The average molecular weight is 419 g/mol. The third-order valence-electron chi connectivity index (χ3n) is 3.32. The number of halogens is 1. The van der Waals surface area contributed by atoms with Crippen LogP contribution in [0.25, 0.3) is 0 Å². The van der Waals surface area contributed by atoms with E-state index in [0.717, 1.165) is 22.4 Å². The van der Waals surface area contributed by atoms with Crippen LogP contribution in [0.5, 0.6) is 0 Å². The van der Waals surface area contributed by atoms with Crippen molar-refractivity contribution in [1.82, 2.24) is 10.2 Å². The summed E-state index contributed by atoms with van der Waals surface area (Å²) in [5, 5.41) is 10.7. The van der Waals surface area contributed by atoms with Crippen LogP contribution < -0.4 is 9.62 Å². The largest absolute Gasteiger partial charge is 0.299 e. The lowest BCUT2D eigenvalue weighted by Gasteiger charge is -2.29. The Morgan fingerprint density at radius 2 is 2.04 bits per heavy atom. The van der Waals surface area contributed by atoms with Crippen LogP contribution in [0.1, 0.15) is 20.3 Å². The number of benzene rings is 1. The van der Waals surface area contributed by atoms with Crippen LogP contribution in [0, 0.1) is 5.82 Å². The molecule has 26 heavy (non-hydrogen) atoms. The van der Waals surface area contributed by atoms with E-state index < -0.39 is 27.8 Å². The van der Waals surface area contributed by atoms with Crippen LogP contribution in [-0.2, 0) is 14.8 Å². The number of carbonyl (C=O) groups excluding carboxylic acids is 1. The summed E-state index contributed by atoms with van der Waals surface area (Å²) >= 11 is 2.68. The van der Waals surface area contributed by atoms with Crippen LogP contribution in [0.4, 0.5) is 15.2 Å². The summed E-state index contributed by atoms with van der Waals surface area (Å²) in [6.07, 6.45) is 1.10. The maximum atomic E-state index is 14.2. The van der Waals surface area contributed by atoms with Gasteiger partial charge in [-0.05, 0) is 24.3 Å². The summed E-state index contributed by atoms with van der Waals surface area (Å²) in [6, 6.07) is 4.33. The van der Waals surface area contributed by atoms with Crippen molar-refractivity contribution in [3.8, 4) is 0 Å². The van der Waals surface area contributed by atoms with Gasteiger partial charge in [-0.15, -0.1) is 10.2 Å². The van der Waals surface area contributed by atoms with Crippen molar-refractivity contribution in [1.29, 1.82) is 0 Å². The maximum Gasteiger partial charge on any atom is 0.250 e. The number of hydrogen-bond donors (Lipinski definition) is 1. The molecule has 0 aliphatic rings. The molecule has 0 aliphatic carbocycles. The van der Waals surface area contributed by atoms with Gasteiger partial charge in [0.15, 0.2) is 4.34 Å². The molecule has 1 heterocycles. The van der Waals surface area contributed by atoms with E-state index in [1.165, 1.54) is 41.3 Å². The fourth-order valence-electron chi connectivity index (χ4n) is 2.30. The van der Waals surface area contributed by atoms with Gasteiger partial charge in [0, 0.05) is 0 Å². The highest BCUT2D eigenvalue weighted by Gasteiger charge is 2.33. The summed E-state index contributed by atoms with van der Waals surface area (Å²) in [4.78, 5) is 12.7.